The van der Waals surface area contributed by atoms with Gasteiger partial charge in [-0.15, -0.1) is 24.0 Å². The van der Waals surface area contributed by atoms with Gasteiger partial charge in [-0.2, -0.15) is 0 Å². The summed E-state index contributed by atoms with van der Waals surface area (Å²) in [7, 11) is 0. The van der Waals surface area contributed by atoms with Crippen molar-refractivity contribution >= 4 is 35.8 Å². The molecule has 0 saturated carbocycles. The second-order valence-corrected chi connectivity index (χ2v) is 7.37. The van der Waals surface area contributed by atoms with E-state index in [9.17, 15) is 9.18 Å². The van der Waals surface area contributed by atoms with Crippen LogP contribution in [0.3, 0.4) is 0 Å². The highest BCUT2D eigenvalue weighted by molar-refractivity contribution is 14.0. The third-order valence-corrected chi connectivity index (χ3v) is 4.98. The van der Waals surface area contributed by atoms with Crippen LogP contribution in [0.1, 0.15) is 42.0 Å². The van der Waals surface area contributed by atoms with Crippen LogP contribution >= 0.6 is 24.0 Å². The molecule has 3 rings (SSSR count). The number of guanidine groups is 1. The van der Waals surface area contributed by atoms with Gasteiger partial charge in [0.15, 0.2) is 5.96 Å². The molecule has 1 saturated heterocycles. The Bertz CT molecular complexity index is 887. The fourth-order valence-electron chi connectivity index (χ4n) is 3.43. The highest BCUT2D eigenvalue weighted by atomic mass is 127. The van der Waals surface area contributed by atoms with Gasteiger partial charge in [-0.1, -0.05) is 36.4 Å². The predicted octanol–water partition coefficient (Wildman–Crippen LogP) is 4.13. The normalized spacial score (nSPS) is 13.9. The average Bonchev–Trinajstić information content (AvgIpc) is 3.11. The number of benzene rings is 2. The van der Waals surface area contributed by atoms with E-state index in [0.29, 0.717) is 31.6 Å². The van der Waals surface area contributed by atoms with Crippen molar-refractivity contribution in [3.8, 4) is 0 Å². The number of amides is 1. The second-order valence-electron chi connectivity index (χ2n) is 7.37. The van der Waals surface area contributed by atoms with E-state index < -0.39 is 0 Å². The molecule has 0 atom stereocenters. The number of nitrogens with one attached hydrogen (secondary N) is 2. The van der Waals surface area contributed by atoms with Crippen LogP contribution in [0.5, 0.6) is 0 Å². The van der Waals surface area contributed by atoms with Crippen LogP contribution in [0.2, 0.25) is 0 Å². The zero-order valence-electron chi connectivity index (χ0n) is 17.6. The molecule has 0 radical (unpaired) electrons. The fraction of sp³-hybridized carbons (Fsp3) is 0.391. The summed E-state index contributed by atoms with van der Waals surface area (Å²) < 4.78 is 13.4. The minimum Gasteiger partial charge on any atom is -0.357 e. The first kappa shape index (κ1) is 24.1. The molecule has 0 aliphatic carbocycles. The van der Waals surface area contributed by atoms with Crippen molar-refractivity contribution in [2.45, 2.75) is 46.3 Å². The number of rotatable bonds is 7. The number of aliphatic imine (C=N–C) groups is 1. The number of carbonyl (C=O) groups is 1. The van der Waals surface area contributed by atoms with Gasteiger partial charge in [-0.3, -0.25) is 4.79 Å². The molecule has 1 aliphatic heterocycles. The number of carbonyl (C=O) groups excluding carboxylic acids is 1. The summed E-state index contributed by atoms with van der Waals surface area (Å²) in [5.41, 5.74) is 3.88. The van der Waals surface area contributed by atoms with Gasteiger partial charge in [-0.25, -0.2) is 9.38 Å². The Hall–Kier alpha value is -2.16. The lowest BCUT2D eigenvalue weighted by Crippen LogP contribution is -2.36. The van der Waals surface area contributed by atoms with Gasteiger partial charge in [0.1, 0.15) is 5.82 Å². The van der Waals surface area contributed by atoms with E-state index in [0.717, 1.165) is 42.2 Å². The molecular weight excluding hydrogens is 494 g/mol. The summed E-state index contributed by atoms with van der Waals surface area (Å²) in [4.78, 5) is 18.4. The zero-order valence-corrected chi connectivity index (χ0v) is 19.9. The number of likely N-dealkylation sites (tertiary alicyclic amines) is 1. The number of nitrogens with zero attached hydrogens (tertiary/aromatic N) is 2. The van der Waals surface area contributed by atoms with E-state index in [1.807, 2.05) is 30.0 Å². The summed E-state index contributed by atoms with van der Waals surface area (Å²) in [5, 5.41) is 6.54. The topological polar surface area (TPSA) is 56.7 Å². The van der Waals surface area contributed by atoms with Gasteiger partial charge in [-0.05, 0) is 48.6 Å². The van der Waals surface area contributed by atoms with Crippen molar-refractivity contribution in [3.63, 3.8) is 0 Å². The predicted molar refractivity (Wildman–Crippen MR) is 129 cm³/mol. The van der Waals surface area contributed by atoms with E-state index in [1.54, 1.807) is 13.0 Å². The summed E-state index contributed by atoms with van der Waals surface area (Å²) in [5.74, 6) is 0.766. The smallest absolute Gasteiger partial charge is 0.222 e. The molecule has 2 aromatic rings. The zero-order chi connectivity index (χ0) is 20.6. The monoisotopic (exact) mass is 524 g/mol. The van der Waals surface area contributed by atoms with Crippen molar-refractivity contribution in [2.24, 2.45) is 4.99 Å². The largest absolute Gasteiger partial charge is 0.357 e. The van der Waals surface area contributed by atoms with Gasteiger partial charge in [0.25, 0.3) is 0 Å². The van der Waals surface area contributed by atoms with Crippen molar-refractivity contribution < 1.29 is 9.18 Å². The average molecular weight is 524 g/mol. The maximum absolute atomic E-state index is 13.4. The highest BCUT2D eigenvalue weighted by Gasteiger charge is 2.19. The first-order chi connectivity index (χ1) is 14.0. The van der Waals surface area contributed by atoms with Crippen LogP contribution < -0.4 is 10.6 Å². The Labute approximate surface area is 195 Å². The maximum atomic E-state index is 13.4. The molecule has 1 heterocycles. The van der Waals surface area contributed by atoms with Crippen LogP contribution in [0.4, 0.5) is 4.39 Å². The van der Waals surface area contributed by atoms with E-state index in [-0.39, 0.29) is 35.7 Å². The van der Waals surface area contributed by atoms with E-state index in [4.69, 9.17) is 0 Å². The minimum absolute atomic E-state index is 0. The minimum atomic E-state index is -0.190. The van der Waals surface area contributed by atoms with Crippen LogP contribution in [0.25, 0.3) is 0 Å². The summed E-state index contributed by atoms with van der Waals surface area (Å²) in [6.07, 6.45) is 1.61. The molecule has 30 heavy (non-hydrogen) atoms. The molecule has 0 bridgehead atoms. The maximum Gasteiger partial charge on any atom is 0.222 e. The Kier molecular flexibility index (Phi) is 9.55. The molecule has 1 amide bonds. The first-order valence-electron chi connectivity index (χ1n) is 10.2. The molecule has 1 fully saturated rings. The number of halogens is 2. The standard InChI is InChI=1S/C23H29FN4O.HI/c1-3-25-23(27-15-19-9-10-21(24)17(2)12-19)26-14-18-6-4-7-20(13-18)16-28-11-5-8-22(28)29;/h4,6-7,9-10,12-13H,3,5,8,11,14-16H2,1-2H3,(H2,25,26,27);1H. The Morgan fingerprint density at radius 3 is 2.63 bits per heavy atom. The first-order valence-corrected chi connectivity index (χ1v) is 10.2. The number of hydrogen-bond acceptors (Lipinski definition) is 2. The Balaban J connectivity index is 0.00000320. The Morgan fingerprint density at radius 2 is 1.93 bits per heavy atom. The van der Waals surface area contributed by atoms with Crippen LogP contribution in [0.15, 0.2) is 47.5 Å². The van der Waals surface area contributed by atoms with Crippen LogP contribution in [-0.2, 0) is 24.4 Å². The van der Waals surface area contributed by atoms with Crippen LogP contribution in [0, 0.1) is 12.7 Å². The number of hydrogen-bond donors (Lipinski definition) is 2. The van der Waals surface area contributed by atoms with Gasteiger partial charge < -0.3 is 15.5 Å². The molecule has 2 N–H and O–H groups in total. The van der Waals surface area contributed by atoms with E-state index >= 15 is 0 Å². The molecule has 0 unspecified atom stereocenters. The lowest BCUT2D eigenvalue weighted by molar-refractivity contribution is -0.128. The third-order valence-electron chi connectivity index (χ3n) is 4.98. The molecule has 0 spiro atoms. The van der Waals surface area contributed by atoms with E-state index in [1.165, 1.54) is 6.07 Å². The van der Waals surface area contributed by atoms with Crippen molar-refractivity contribution in [1.82, 2.24) is 15.5 Å². The van der Waals surface area contributed by atoms with Gasteiger partial charge in [0.2, 0.25) is 5.91 Å². The SMILES string of the molecule is CCNC(=NCc1cccc(CN2CCCC2=O)c1)NCc1ccc(F)c(C)c1.I. The molecule has 5 nitrogen and oxygen atoms in total. The van der Waals surface area contributed by atoms with Gasteiger partial charge in [0, 0.05) is 32.6 Å². The van der Waals surface area contributed by atoms with Gasteiger partial charge >= 0.3 is 0 Å². The fourth-order valence-corrected chi connectivity index (χ4v) is 3.43. The van der Waals surface area contributed by atoms with Gasteiger partial charge in [0.05, 0.1) is 6.54 Å². The molecular formula is C23H30FIN4O. The summed E-state index contributed by atoms with van der Waals surface area (Å²) >= 11 is 0. The van der Waals surface area contributed by atoms with E-state index in [2.05, 4.69) is 27.8 Å². The molecule has 2 aromatic carbocycles. The second kappa shape index (κ2) is 11.9. The molecule has 1 aliphatic rings. The lowest BCUT2D eigenvalue weighted by Gasteiger charge is -2.16. The summed E-state index contributed by atoms with van der Waals surface area (Å²) in [6, 6.07) is 13.3. The summed E-state index contributed by atoms with van der Waals surface area (Å²) in [6.45, 7) is 7.17. The Morgan fingerprint density at radius 1 is 1.13 bits per heavy atom. The van der Waals surface area contributed by atoms with Crippen molar-refractivity contribution in [1.29, 1.82) is 0 Å². The van der Waals surface area contributed by atoms with Crippen molar-refractivity contribution in [3.05, 3.63) is 70.5 Å². The van der Waals surface area contributed by atoms with Crippen LogP contribution in [-0.4, -0.2) is 29.9 Å². The highest BCUT2D eigenvalue weighted by Crippen LogP contribution is 2.15. The lowest BCUT2D eigenvalue weighted by atomic mass is 10.1. The molecule has 7 heteroatoms. The quantitative estimate of drug-likeness (QED) is 0.326. The molecule has 162 valence electrons. The molecule has 0 aromatic heterocycles. The van der Waals surface area contributed by atoms with Crippen molar-refractivity contribution in [2.75, 3.05) is 13.1 Å². The number of aryl methyl sites for hydroxylation is 1. The third kappa shape index (κ3) is 6.97.